The van der Waals surface area contributed by atoms with E-state index in [1.807, 2.05) is 0 Å². The predicted molar refractivity (Wildman–Crippen MR) is 109 cm³/mol. The number of unbranched alkanes of at least 4 members (excludes halogenated alkanes) is 10. The third kappa shape index (κ3) is 20.6. The zero-order chi connectivity index (χ0) is 19.7. The maximum atomic E-state index is 11.4. The van der Waals surface area contributed by atoms with Gasteiger partial charge < -0.3 is 9.66 Å². The van der Waals surface area contributed by atoms with Crippen molar-refractivity contribution in [2.45, 2.75) is 134 Å². The average molecular weight is 431 g/mol. The van der Waals surface area contributed by atoms with Crippen LogP contribution in [0, 0.1) is 0 Å². The van der Waals surface area contributed by atoms with E-state index in [0.717, 1.165) is 89.9 Å². The van der Waals surface area contributed by atoms with Crippen molar-refractivity contribution in [1.82, 2.24) is 0 Å². The first kappa shape index (κ1) is 30.7. The first-order valence-electron chi connectivity index (χ1n) is 11.0. The van der Waals surface area contributed by atoms with Crippen LogP contribution in [0.2, 0.25) is 0 Å². The number of aliphatic hydroxyl groups excluding tert-OH is 1. The third-order valence-corrected chi connectivity index (χ3v) is 6.53. The Kier molecular flexibility index (Phi) is 23.6. The number of hydrogen-bond acceptors (Lipinski definition) is 4. The summed E-state index contributed by atoms with van der Waals surface area (Å²) < 4.78 is 34.1. The van der Waals surface area contributed by atoms with Gasteiger partial charge in [-0.3, -0.25) is 0 Å². The molecule has 0 spiro atoms. The topological polar surface area (TPSA) is 77.4 Å². The molecule has 0 aromatic rings. The van der Waals surface area contributed by atoms with Crippen molar-refractivity contribution in [1.29, 1.82) is 0 Å². The summed E-state index contributed by atoms with van der Waals surface area (Å²) in [6.45, 7) is 4.27. The van der Waals surface area contributed by atoms with Crippen LogP contribution >= 0.6 is 0 Å². The number of rotatable bonds is 19. The second kappa shape index (κ2) is 20.8. The van der Waals surface area contributed by atoms with Crippen LogP contribution in [0.25, 0.3) is 0 Å². The van der Waals surface area contributed by atoms with Gasteiger partial charge in [-0.2, -0.15) is 0 Å². The van der Waals surface area contributed by atoms with E-state index in [0.29, 0.717) is 12.8 Å². The summed E-state index contributed by atoms with van der Waals surface area (Å²) in [5, 5.41) is 9.11. The summed E-state index contributed by atoms with van der Waals surface area (Å²) in [5.41, 5.74) is 0. The molecule has 0 rings (SSSR count). The van der Waals surface area contributed by atoms with Crippen molar-refractivity contribution < 1.29 is 69.5 Å². The second-order valence-corrected chi connectivity index (χ2v) is 9.46. The van der Waals surface area contributed by atoms with Crippen LogP contribution in [-0.2, 0) is 10.1 Å². The molecular weight excluding hydrogens is 387 g/mol. The standard InChI is InChI=1S/C21H44O4S.K/c1-3-5-7-14-18-21(26(23,24)25)19-15-12-10-8-9-11-13-17-20(22)16-6-4-2;/h20-22H,3-19H2,1-2H3,(H,23,24,25);/q;+1/p-1. The predicted octanol–water partition coefficient (Wildman–Crippen LogP) is 2.94. The Morgan fingerprint density at radius 2 is 1.04 bits per heavy atom. The average Bonchev–Trinajstić information content (AvgIpc) is 2.59. The number of aliphatic hydroxyl groups is 1. The smallest absolute Gasteiger partial charge is 0.748 e. The molecule has 0 heterocycles. The molecule has 0 saturated heterocycles. The van der Waals surface area contributed by atoms with Gasteiger partial charge in [0.25, 0.3) is 0 Å². The van der Waals surface area contributed by atoms with Crippen LogP contribution in [0.5, 0.6) is 0 Å². The van der Waals surface area contributed by atoms with E-state index in [1.54, 1.807) is 0 Å². The van der Waals surface area contributed by atoms with Crippen molar-refractivity contribution in [2.75, 3.05) is 0 Å². The Hall–Kier alpha value is 1.51. The molecule has 0 radical (unpaired) electrons. The fraction of sp³-hybridized carbons (Fsp3) is 1.00. The molecule has 4 nitrogen and oxygen atoms in total. The van der Waals surface area contributed by atoms with E-state index in [-0.39, 0.29) is 57.5 Å². The van der Waals surface area contributed by atoms with Gasteiger partial charge >= 0.3 is 51.4 Å². The maximum Gasteiger partial charge on any atom is 1.00 e. The van der Waals surface area contributed by atoms with E-state index in [9.17, 15) is 18.1 Å². The Bertz CT molecular complexity index is 401. The van der Waals surface area contributed by atoms with Gasteiger partial charge in [-0.05, 0) is 25.7 Å². The van der Waals surface area contributed by atoms with Gasteiger partial charge in [0.1, 0.15) is 0 Å². The molecule has 158 valence electrons. The largest absolute Gasteiger partial charge is 1.00 e. The summed E-state index contributed by atoms with van der Waals surface area (Å²) in [7, 11) is -4.15. The second-order valence-electron chi connectivity index (χ2n) is 7.81. The normalized spacial score (nSPS) is 13.9. The van der Waals surface area contributed by atoms with Crippen LogP contribution in [0.4, 0.5) is 0 Å². The molecule has 0 aliphatic rings. The van der Waals surface area contributed by atoms with Crippen molar-refractivity contribution in [2.24, 2.45) is 0 Å². The van der Waals surface area contributed by atoms with Gasteiger partial charge in [0.05, 0.1) is 16.2 Å². The molecule has 0 aliphatic heterocycles. The molecule has 0 aromatic carbocycles. The Morgan fingerprint density at radius 3 is 1.48 bits per heavy atom. The minimum Gasteiger partial charge on any atom is -0.748 e. The van der Waals surface area contributed by atoms with Crippen LogP contribution in [0.1, 0.15) is 123 Å². The van der Waals surface area contributed by atoms with Gasteiger partial charge in [-0.1, -0.05) is 97.3 Å². The minimum absolute atomic E-state index is 0. The fourth-order valence-electron chi connectivity index (χ4n) is 3.45. The zero-order valence-electron chi connectivity index (χ0n) is 18.3. The first-order valence-corrected chi connectivity index (χ1v) is 12.5. The minimum atomic E-state index is -4.15. The van der Waals surface area contributed by atoms with Crippen molar-refractivity contribution in [3.8, 4) is 0 Å². The molecule has 1 N–H and O–H groups in total. The molecule has 2 atom stereocenters. The van der Waals surface area contributed by atoms with Gasteiger partial charge in [-0.15, -0.1) is 0 Å². The summed E-state index contributed by atoms with van der Waals surface area (Å²) in [6, 6.07) is 0. The van der Waals surface area contributed by atoms with Gasteiger partial charge in [-0.25, -0.2) is 8.42 Å². The van der Waals surface area contributed by atoms with E-state index in [1.165, 1.54) is 6.42 Å². The molecule has 0 amide bonds. The Morgan fingerprint density at radius 1 is 0.667 bits per heavy atom. The van der Waals surface area contributed by atoms with E-state index in [4.69, 9.17) is 0 Å². The molecule has 2 unspecified atom stereocenters. The van der Waals surface area contributed by atoms with Crippen LogP contribution in [0.3, 0.4) is 0 Å². The Labute approximate surface area is 211 Å². The summed E-state index contributed by atoms with van der Waals surface area (Å²) in [6.07, 6.45) is 16.7. The molecule has 0 fully saturated rings. The van der Waals surface area contributed by atoms with Crippen LogP contribution in [0.15, 0.2) is 0 Å². The summed E-state index contributed by atoms with van der Waals surface area (Å²) >= 11 is 0. The molecule has 0 saturated carbocycles. The maximum absolute atomic E-state index is 11.4. The molecule has 0 bridgehead atoms. The third-order valence-electron chi connectivity index (χ3n) is 5.24. The van der Waals surface area contributed by atoms with Gasteiger partial charge in [0, 0.05) is 5.25 Å². The number of hydrogen-bond donors (Lipinski definition) is 1. The SMILES string of the molecule is CCCCCCC(CCCCCCCCCC(O)CCCC)S(=O)(=O)[O-].[K+]. The van der Waals surface area contributed by atoms with Gasteiger partial charge in [0.15, 0.2) is 0 Å². The van der Waals surface area contributed by atoms with Crippen molar-refractivity contribution >= 4 is 10.1 Å². The van der Waals surface area contributed by atoms with Gasteiger partial charge in [0.2, 0.25) is 0 Å². The quantitative estimate of drug-likeness (QED) is 0.194. The molecule has 0 aliphatic carbocycles. The van der Waals surface area contributed by atoms with E-state index >= 15 is 0 Å². The first-order chi connectivity index (χ1) is 12.4. The molecule has 27 heavy (non-hydrogen) atoms. The molecule has 6 heteroatoms. The molecule has 0 aromatic heterocycles. The van der Waals surface area contributed by atoms with Crippen LogP contribution in [-0.4, -0.2) is 29.4 Å². The van der Waals surface area contributed by atoms with Crippen molar-refractivity contribution in [3.63, 3.8) is 0 Å². The zero-order valence-corrected chi connectivity index (χ0v) is 22.2. The summed E-state index contributed by atoms with van der Waals surface area (Å²) in [4.78, 5) is 0. The van der Waals surface area contributed by atoms with Crippen molar-refractivity contribution in [3.05, 3.63) is 0 Å². The molecular formula is C21H43KO4S. The fourth-order valence-corrected chi connectivity index (χ4v) is 4.36. The van der Waals surface area contributed by atoms with E-state index in [2.05, 4.69) is 13.8 Å². The van der Waals surface area contributed by atoms with Crippen LogP contribution < -0.4 is 51.4 Å². The van der Waals surface area contributed by atoms with E-state index < -0.39 is 15.4 Å². The summed E-state index contributed by atoms with van der Waals surface area (Å²) in [5.74, 6) is 0. The monoisotopic (exact) mass is 430 g/mol. The Balaban J connectivity index is 0.